The highest BCUT2D eigenvalue weighted by atomic mass is 16.4. The molecule has 0 fully saturated rings. The third kappa shape index (κ3) is 3.59. The van der Waals surface area contributed by atoms with E-state index in [4.69, 9.17) is 15.3 Å². The molecule has 1 aromatic rings. The van der Waals surface area contributed by atoms with Gasteiger partial charge < -0.3 is 20.6 Å². The smallest absolute Gasteiger partial charge is 0.326 e. The van der Waals surface area contributed by atoms with Crippen LogP contribution < -0.4 is 11.1 Å². The van der Waals surface area contributed by atoms with Crippen LogP contribution in [0.4, 0.5) is 0 Å². The van der Waals surface area contributed by atoms with Crippen LogP contribution in [0.1, 0.15) is 22.9 Å². The molecule has 4 N–H and O–H groups in total. The molecule has 2 amide bonds. The second-order valence-electron chi connectivity index (χ2n) is 3.31. The average molecular weight is 241 g/mol. The molecule has 1 atom stereocenters. The van der Waals surface area contributed by atoms with E-state index < -0.39 is 30.2 Å². The van der Waals surface area contributed by atoms with E-state index in [2.05, 4.69) is 10.3 Å². The molecule has 0 saturated carbocycles. The minimum atomic E-state index is -1.40. The van der Waals surface area contributed by atoms with Crippen molar-refractivity contribution in [3.63, 3.8) is 0 Å². The Morgan fingerprint density at radius 3 is 2.65 bits per heavy atom. The van der Waals surface area contributed by atoms with Gasteiger partial charge in [0, 0.05) is 0 Å². The molecule has 1 aromatic heterocycles. The van der Waals surface area contributed by atoms with Crippen LogP contribution in [0.25, 0.3) is 0 Å². The fraction of sp³-hybridized carbons (Fsp3) is 0.333. The third-order valence-electron chi connectivity index (χ3n) is 1.82. The summed E-state index contributed by atoms with van der Waals surface area (Å²) >= 11 is 0. The molecule has 1 heterocycles. The summed E-state index contributed by atoms with van der Waals surface area (Å²) in [5.74, 6) is -2.86. The van der Waals surface area contributed by atoms with Crippen LogP contribution in [0, 0.1) is 6.92 Å². The van der Waals surface area contributed by atoms with Gasteiger partial charge in [-0.05, 0) is 6.92 Å². The molecule has 0 radical (unpaired) electrons. The molecule has 0 saturated heterocycles. The van der Waals surface area contributed by atoms with Crippen LogP contribution >= 0.6 is 0 Å². The zero-order valence-electron chi connectivity index (χ0n) is 8.97. The molecule has 0 spiro atoms. The number of carboxylic acid groups (broad SMARTS) is 1. The maximum absolute atomic E-state index is 11.5. The SMILES string of the molecule is Cc1cnc(C(=O)N[C@@H](CC(N)=O)C(=O)O)o1. The summed E-state index contributed by atoms with van der Waals surface area (Å²) < 4.78 is 4.90. The van der Waals surface area contributed by atoms with Crippen LogP contribution in [-0.2, 0) is 9.59 Å². The van der Waals surface area contributed by atoms with E-state index in [1.165, 1.54) is 6.20 Å². The summed E-state index contributed by atoms with van der Waals surface area (Å²) in [6, 6.07) is -1.40. The number of aryl methyl sites for hydroxylation is 1. The molecule has 0 bridgehead atoms. The predicted molar refractivity (Wildman–Crippen MR) is 53.9 cm³/mol. The molecule has 8 nitrogen and oxygen atoms in total. The monoisotopic (exact) mass is 241 g/mol. The average Bonchev–Trinajstić information content (AvgIpc) is 2.63. The number of hydrogen-bond acceptors (Lipinski definition) is 5. The van der Waals surface area contributed by atoms with Crippen molar-refractivity contribution in [3.05, 3.63) is 17.8 Å². The van der Waals surface area contributed by atoms with Gasteiger partial charge in [-0.25, -0.2) is 9.78 Å². The summed E-state index contributed by atoms with van der Waals surface area (Å²) in [5.41, 5.74) is 4.86. The van der Waals surface area contributed by atoms with Gasteiger partial charge in [0.15, 0.2) is 0 Å². The number of aromatic nitrogens is 1. The first kappa shape index (κ1) is 12.7. The molecule has 92 valence electrons. The van der Waals surface area contributed by atoms with E-state index in [-0.39, 0.29) is 5.89 Å². The van der Waals surface area contributed by atoms with Crippen molar-refractivity contribution in [2.45, 2.75) is 19.4 Å². The Hall–Kier alpha value is -2.38. The van der Waals surface area contributed by atoms with Gasteiger partial charge in [-0.3, -0.25) is 9.59 Å². The summed E-state index contributed by atoms with van der Waals surface area (Å²) in [6.45, 7) is 1.59. The van der Waals surface area contributed by atoms with Gasteiger partial charge >= 0.3 is 11.9 Å². The number of carbonyl (C=O) groups is 3. The van der Waals surface area contributed by atoms with Crippen molar-refractivity contribution in [2.75, 3.05) is 0 Å². The van der Waals surface area contributed by atoms with Crippen molar-refractivity contribution in [1.29, 1.82) is 0 Å². The largest absolute Gasteiger partial charge is 0.480 e. The van der Waals surface area contributed by atoms with E-state index in [0.717, 1.165) is 0 Å². The Bertz CT molecular complexity index is 453. The topological polar surface area (TPSA) is 136 Å². The van der Waals surface area contributed by atoms with Gasteiger partial charge in [0.2, 0.25) is 5.91 Å². The number of carboxylic acids is 1. The van der Waals surface area contributed by atoms with Crippen LogP contribution in [0.5, 0.6) is 0 Å². The second-order valence-corrected chi connectivity index (χ2v) is 3.31. The van der Waals surface area contributed by atoms with Crippen molar-refractivity contribution >= 4 is 17.8 Å². The minimum absolute atomic E-state index is 0.266. The summed E-state index contributed by atoms with van der Waals surface area (Å²) in [5, 5.41) is 10.8. The molecular formula is C9H11N3O5. The Labute approximate surface area is 95.8 Å². The fourth-order valence-corrected chi connectivity index (χ4v) is 1.08. The third-order valence-corrected chi connectivity index (χ3v) is 1.82. The summed E-state index contributed by atoms with van der Waals surface area (Å²) in [4.78, 5) is 36.4. The number of oxazole rings is 1. The summed E-state index contributed by atoms with van der Waals surface area (Å²) in [6.07, 6.45) is 0.819. The number of nitrogens with zero attached hydrogens (tertiary/aromatic N) is 1. The Morgan fingerprint density at radius 2 is 2.24 bits per heavy atom. The number of amides is 2. The first-order valence-corrected chi connectivity index (χ1v) is 4.64. The van der Waals surface area contributed by atoms with E-state index in [0.29, 0.717) is 5.76 Å². The molecule has 0 aliphatic carbocycles. The van der Waals surface area contributed by atoms with Gasteiger partial charge in [0.25, 0.3) is 5.89 Å². The van der Waals surface area contributed by atoms with Gasteiger partial charge in [0.05, 0.1) is 12.6 Å². The molecule has 8 heteroatoms. The van der Waals surface area contributed by atoms with E-state index in [1.54, 1.807) is 6.92 Å². The quantitative estimate of drug-likeness (QED) is 0.607. The van der Waals surface area contributed by atoms with Crippen LogP contribution in [0.15, 0.2) is 10.6 Å². The van der Waals surface area contributed by atoms with Gasteiger partial charge in [-0.15, -0.1) is 0 Å². The molecular weight excluding hydrogens is 230 g/mol. The lowest BCUT2D eigenvalue weighted by atomic mass is 10.2. The molecule has 1 rings (SSSR count). The van der Waals surface area contributed by atoms with Crippen LogP contribution in [0.3, 0.4) is 0 Å². The van der Waals surface area contributed by atoms with Crippen molar-refractivity contribution in [1.82, 2.24) is 10.3 Å². The standard InChI is InChI=1S/C9H11N3O5/c1-4-3-11-8(17-4)7(14)12-5(9(15)16)2-6(10)13/h3,5H,2H2,1H3,(H2,10,13)(H,12,14)(H,15,16)/t5-/m0/s1. The van der Waals surface area contributed by atoms with Crippen molar-refractivity contribution in [3.8, 4) is 0 Å². The fourth-order valence-electron chi connectivity index (χ4n) is 1.08. The minimum Gasteiger partial charge on any atom is -0.480 e. The maximum atomic E-state index is 11.5. The lowest BCUT2D eigenvalue weighted by molar-refractivity contribution is -0.140. The number of nitrogens with two attached hydrogens (primary N) is 1. The van der Waals surface area contributed by atoms with Gasteiger partial charge in [-0.1, -0.05) is 0 Å². The van der Waals surface area contributed by atoms with Crippen LogP contribution in [-0.4, -0.2) is 33.9 Å². The van der Waals surface area contributed by atoms with E-state index in [1.807, 2.05) is 0 Å². The number of primary amides is 1. The Kier molecular flexibility index (Phi) is 3.81. The second kappa shape index (κ2) is 5.10. The molecule has 0 unspecified atom stereocenters. The zero-order valence-corrected chi connectivity index (χ0v) is 8.97. The predicted octanol–water partition coefficient (Wildman–Crippen LogP) is -0.959. The number of rotatable bonds is 5. The Balaban J connectivity index is 2.70. The Morgan fingerprint density at radius 1 is 1.59 bits per heavy atom. The lowest BCUT2D eigenvalue weighted by Crippen LogP contribution is -2.43. The molecule has 0 aliphatic rings. The lowest BCUT2D eigenvalue weighted by Gasteiger charge is -2.10. The van der Waals surface area contributed by atoms with Gasteiger partial charge in [-0.2, -0.15) is 0 Å². The number of nitrogens with one attached hydrogen (secondary N) is 1. The number of aliphatic carboxylic acids is 1. The van der Waals surface area contributed by atoms with Crippen LogP contribution in [0.2, 0.25) is 0 Å². The number of carbonyl (C=O) groups excluding carboxylic acids is 2. The highest BCUT2D eigenvalue weighted by Gasteiger charge is 2.24. The number of hydrogen-bond donors (Lipinski definition) is 3. The van der Waals surface area contributed by atoms with E-state index in [9.17, 15) is 14.4 Å². The van der Waals surface area contributed by atoms with Crippen molar-refractivity contribution < 1.29 is 23.9 Å². The molecule has 0 aliphatic heterocycles. The normalized spacial score (nSPS) is 11.8. The highest BCUT2D eigenvalue weighted by molar-refractivity contribution is 5.94. The molecule has 0 aromatic carbocycles. The first-order chi connectivity index (χ1) is 7.90. The maximum Gasteiger partial charge on any atom is 0.326 e. The first-order valence-electron chi connectivity index (χ1n) is 4.64. The van der Waals surface area contributed by atoms with Gasteiger partial charge in [0.1, 0.15) is 11.8 Å². The van der Waals surface area contributed by atoms with E-state index >= 15 is 0 Å². The molecule has 17 heavy (non-hydrogen) atoms. The highest BCUT2D eigenvalue weighted by Crippen LogP contribution is 2.02. The van der Waals surface area contributed by atoms with Crippen molar-refractivity contribution in [2.24, 2.45) is 5.73 Å². The zero-order chi connectivity index (χ0) is 13.0. The summed E-state index contributed by atoms with van der Waals surface area (Å²) in [7, 11) is 0.